The summed E-state index contributed by atoms with van der Waals surface area (Å²) in [6.07, 6.45) is 9.87. The Morgan fingerprint density at radius 1 is 0.971 bits per heavy atom. The van der Waals surface area contributed by atoms with Gasteiger partial charge in [-0.15, -0.1) is 0 Å². The SMILES string of the molecule is CC1CCC2(C(=O)O)CCC3(C)C(=CCC4C5(C)CCC(O)C(C)(C=O)C5CCC43C)C2C1(C)O. The predicted molar refractivity (Wildman–Crippen MR) is 134 cm³/mol. The van der Waals surface area contributed by atoms with Crippen LogP contribution in [0.5, 0.6) is 0 Å². The molecule has 0 heterocycles. The number of carboxylic acid groups (broad SMARTS) is 1. The van der Waals surface area contributed by atoms with E-state index in [2.05, 4.69) is 33.8 Å². The Bertz CT molecular complexity index is 970. The van der Waals surface area contributed by atoms with E-state index in [1.165, 1.54) is 5.57 Å². The Morgan fingerprint density at radius 2 is 1.66 bits per heavy atom. The van der Waals surface area contributed by atoms with E-state index in [0.29, 0.717) is 25.2 Å². The summed E-state index contributed by atoms with van der Waals surface area (Å²) in [6.45, 7) is 13.1. The Hall–Kier alpha value is -1.20. The summed E-state index contributed by atoms with van der Waals surface area (Å²) in [7, 11) is 0. The average molecular weight is 487 g/mol. The van der Waals surface area contributed by atoms with Crippen LogP contribution in [-0.2, 0) is 9.59 Å². The Kier molecular flexibility index (Phi) is 5.40. The molecule has 0 aliphatic heterocycles. The number of aliphatic hydroxyl groups excluding tert-OH is 1. The molecule has 5 rings (SSSR count). The summed E-state index contributed by atoms with van der Waals surface area (Å²) in [5, 5.41) is 33.3. The zero-order valence-electron chi connectivity index (χ0n) is 22.6. The molecule has 0 amide bonds. The van der Waals surface area contributed by atoms with E-state index in [1.54, 1.807) is 0 Å². The van der Waals surface area contributed by atoms with Crippen molar-refractivity contribution >= 4 is 12.3 Å². The van der Waals surface area contributed by atoms with Gasteiger partial charge in [0.2, 0.25) is 0 Å². The van der Waals surface area contributed by atoms with E-state index in [1.807, 2.05) is 13.8 Å². The van der Waals surface area contributed by atoms with Gasteiger partial charge in [-0.1, -0.05) is 46.3 Å². The molecule has 0 aromatic rings. The number of fused-ring (bicyclic) bond motifs is 7. The summed E-state index contributed by atoms with van der Waals surface area (Å²) >= 11 is 0. The minimum absolute atomic E-state index is 0.0458. The highest BCUT2D eigenvalue weighted by atomic mass is 16.4. The van der Waals surface area contributed by atoms with Crippen molar-refractivity contribution in [3.8, 4) is 0 Å². The molecule has 11 unspecified atom stereocenters. The first-order chi connectivity index (χ1) is 16.1. The second kappa shape index (κ2) is 7.43. The molecule has 35 heavy (non-hydrogen) atoms. The van der Waals surface area contributed by atoms with Crippen LogP contribution in [0.4, 0.5) is 0 Å². The lowest BCUT2D eigenvalue weighted by Gasteiger charge is -2.71. The molecule has 11 atom stereocenters. The number of hydrogen-bond donors (Lipinski definition) is 3. The van der Waals surface area contributed by atoms with Crippen LogP contribution >= 0.6 is 0 Å². The van der Waals surface area contributed by atoms with E-state index < -0.39 is 28.5 Å². The molecular weight excluding hydrogens is 440 g/mol. The fourth-order valence-corrected chi connectivity index (χ4v) is 10.7. The van der Waals surface area contributed by atoms with Crippen LogP contribution in [0.2, 0.25) is 0 Å². The van der Waals surface area contributed by atoms with Crippen molar-refractivity contribution in [2.45, 2.75) is 111 Å². The topological polar surface area (TPSA) is 94.8 Å². The van der Waals surface area contributed by atoms with Crippen molar-refractivity contribution < 1.29 is 24.9 Å². The number of carbonyl (C=O) groups is 2. The van der Waals surface area contributed by atoms with Crippen LogP contribution in [-0.4, -0.2) is 39.3 Å². The van der Waals surface area contributed by atoms with Crippen LogP contribution < -0.4 is 0 Å². The number of carboxylic acids is 1. The minimum Gasteiger partial charge on any atom is -0.481 e. The number of allylic oxidation sites excluding steroid dienone is 1. The van der Waals surface area contributed by atoms with Gasteiger partial charge in [-0.2, -0.15) is 0 Å². The molecule has 4 fully saturated rings. The van der Waals surface area contributed by atoms with Crippen molar-refractivity contribution in [3.05, 3.63) is 11.6 Å². The van der Waals surface area contributed by atoms with Gasteiger partial charge in [0.25, 0.3) is 0 Å². The molecular formula is C30H46O5. The van der Waals surface area contributed by atoms with Crippen molar-refractivity contribution in [2.75, 3.05) is 0 Å². The summed E-state index contributed by atoms with van der Waals surface area (Å²) in [5.41, 5.74) is -1.77. The number of aldehydes is 1. The van der Waals surface area contributed by atoms with Gasteiger partial charge in [-0.3, -0.25) is 4.79 Å². The molecule has 0 saturated heterocycles. The van der Waals surface area contributed by atoms with E-state index in [0.717, 1.165) is 44.8 Å². The van der Waals surface area contributed by atoms with E-state index in [4.69, 9.17) is 0 Å². The maximum Gasteiger partial charge on any atom is 0.310 e. The molecule has 4 saturated carbocycles. The molecule has 5 heteroatoms. The number of aliphatic carboxylic acids is 1. The molecule has 196 valence electrons. The van der Waals surface area contributed by atoms with Gasteiger partial charge in [0.1, 0.15) is 6.29 Å². The second-order valence-electron chi connectivity index (χ2n) is 14.4. The molecule has 3 N–H and O–H groups in total. The molecule has 0 radical (unpaired) electrons. The lowest BCUT2D eigenvalue weighted by atomic mass is 9.33. The van der Waals surface area contributed by atoms with Gasteiger partial charge < -0.3 is 20.1 Å². The van der Waals surface area contributed by atoms with E-state index in [-0.39, 0.29) is 34.0 Å². The van der Waals surface area contributed by atoms with Crippen molar-refractivity contribution in [1.29, 1.82) is 0 Å². The van der Waals surface area contributed by atoms with Crippen LogP contribution in [0.15, 0.2) is 11.6 Å². The third-order valence-electron chi connectivity index (χ3n) is 13.4. The molecule has 0 bridgehead atoms. The maximum atomic E-state index is 12.8. The lowest BCUT2D eigenvalue weighted by molar-refractivity contribution is -0.216. The van der Waals surface area contributed by atoms with Crippen LogP contribution in [0.1, 0.15) is 99.3 Å². The third-order valence-corrected chi connectivity index (χ3v) is 13.4. The average Bonchev–Trinajstić information content (AvgIpc) is 2.79. The monoisotopic (exact) mass is 486 g/mol. The lowest BCUT2D eigenvalue weighted by Crippen LogP contribution is -2.68. The highest BCUT2D eigenvalue weighted by Crippen LogP contribution is 2.75. The number of rotatable bonds is 2. The van der Waals surface area contributed by atoms with Gasteiger partial charge in [-0.25, -0.2) is 0 Å². The quantitative estimate of drug-likeness (QED) is 0.360. The van der Waals surface area contributed by atoms with Crippen molar-refractivity contribution in [3.63, 3.8) is 0 Å². The Morgan fingerprint density at radius 3 is 2.29 bits per heavy atom. The fraction of sp³-hybridized carbons (Fsp3) is 0.867. The highest BCUT2D eigenvalue weighted by Gasteiger charge is 2.71. The maximum absolute atomic E-state index is 12.8. The summed E-state index contributed by atoms with van der Waals surface area (Å²) in [6, 6.07) is 0. The Balaban J connectivity index is 1.64. The second-order valence-corrected chi connectivity index (χ2v) is 14.4. The first kappa shape index (κ1) is 25.4. The number of hydrogen-bond acceptors (Lipinski definition) is 4. The molecule has 5 aliphatic carbocycles. The molecule has 0 aromatic heterocycles. The molecule has 0 aromatic carbocycles. The zero-order chi connectivity index (χ0) is 25.8. The normalized spacial score (nSPS) is 57.6. The summed E-state index contributed by atoms with van der Waals surface area (Å²) in [5.74, 6) is -0.560. The van der Waals surface area contributed by atoms with Gasteiger partial charge in [0.15, 0.2) is 0 Å². The first-order valence-corrected chi connectivity index (χ1v) is 14.0. The van der Waals surface area contributed by atoms with E-state index >= 15 is 0 Å². The van der Waals surface area contributed by atoms with Gasteiger partial charge >= 0.3 is 5.97 Å². The minimum atomic E-state index is -1.06. The number of carbonyl (C=O) groups excluding carboxylic acids is 1. The number of aliphatic hydroxyl groups is 2. The van der Waals surface area contributed by atoms with Gasteiger partial charge in [-0.05, 0) is 98.7 Å². The van der Waals surface area contributed by atoms with Crippen LogP contribution in [0.25, 0.3) is 0 Å². The molecule has 5 aliphatic rings. The van der Waals surface area contributed by atoms with Gasteiger partial charge in [0, 0.05) is 5.92 Å². The van der Waals surface area contributed by atoms with Gasteiger partial charge in [0.05, 0.1) is 22.5 Å². The summed E-state index contributed by atoms with van der Waals surface area (Å²) in [4.78, 5) is 25.1. The largest absolute Gasteiger partial charge is 0.481 e. The smallest absolute Gasteiger partial charge is 0.310 e. The fourth-order valence-electron chi connectivity index (χ4n) is 10.7. The zero-order valence-corrected chi connectivity index (χ0v) is 22.6. The van der Waals surface area contributed by atoms with Crippen LogP contribution in [0, 0.1) is 50.7 Å². The van der Waals surface area contributed by atoms with E-state index in [9.17, 15) is 24.9 Å². The third kappa shape index (κ3) is 2.83. The van der Waals surface area contributed by atoms with Crippen molar-refractivity contribution in [2.24, 2.45) is 50.7 Å². The van der Waals surface area contributed by atoms with Crippen molar-refractivity contribution in [1.82, 2.24) is 0 Å². The summed E-state index contributed by atoms with van der Waals surface area (Å²) < 4.78 is 0. The standard InChI is InChI=1S/C30H46O5/c1-18-9-14-30(24(33)34)16-15-27(4)19(23(30)29(18,6)35)7-8-21-25(2)12-11-22(32)26(3,17-31)20(25)10-13-28(21,27)5/h7,17-18,20-23,32,35H,8-16H2,1-6H3,(H,33,34). The Labute approximate surface area is 210 Å². The highest BCUT2D eigenvalue weighted by molar-refractivity contribution is 5.77. The molecule has 5 nitrogen and oxygen atoms in total. The first-order valence-electron chi connectivity index (χ1n) is 14.0. The van der Waals surface area contributed by atoms with Crippen LogP contribution in [0.3, 0.4) is 0 Å². The predicted octanol–water partition coefficient (Wildman–Crippen LogP) is 5.38. The molecule has 0 spiro atoms.